The van der Waals surface area contributed by atoms with E-state index in [0.29, 0.717) is 17.7 Å². The molecule has 1 N–H and O–H groups in total. The minimum absolute atomic E-state index is 0.0177. The van der Waals surface area contributed by atoms with Gasteiger partial charge in [0.25, 0.3) is 10.0 Å². The Labute approximate surface area is 252 Å². The first-order chi connectivity index (χ1) is 19.4. The summed E-state index contributed by atoms with van der Waals surface area (Å²) >= 11 is 12.7. The van der Waals surface area contributed by atoms with E-state index in [9.17, 15) is 18.0 Å². The molecular formula is C30H35Cl2N3O5S. The monoisotopic (exact) mass is 619 g/mol. The third-order valence-electron chi connectivity index (χ3n) is 6.37. The molecule has 3 aromatic rings. The van der Waals surface area contributed by atoms with Gasteiger partial charge in [0.2, 0.25) is 11.8 Å². The van der Waals surface area contributed by atoms with E-state index in [2.05, 4.69) is 5.32 Å². The molecule has 0 aliphatic heterocycles. The Balaban J connectivity index is 2.11. The first-order valence-corrected chi connectivity index (χ1v) is 15.3. The summed E-state index contributed by atoms with van der Waals surface area (Å²) in [7, 11) is -2.73. The van der Waals surface area contributed by atoms with E-state index in [1.807, 2.05) is 26.8 Å². The lowest BCUT2D eigenvalue weighted by molar-refractivity contribution is -0.140. The van der Waals surface area contributed by atoms with E-state index >= 15 is 0 Å². The summed E-state index contributed by atoms with van der Waals surface area (Å²) in [5.74, 6) is -0.346. The van der Waals surface area contributed by atoms with Gasteiger partial charge in [-0.15, -0.1) is 0 Å². The number of halogens is 2. The zero-order valence-electron chi connectivity index (χ0n) is 23.7. The van der Waals surface area contributed by atoms with Crippen LogP contribution >= 0.6 is 23.2 Å². The number of nitrogens with zero attached hydrogens (tertiary/aromatic N) is 2. The SMILES string of the molecule is CC[C@H](C(=O)NC(C)C)N(Cc1cccc(OC)c1)C(=O)CN(c1cc(Cl)ccc1Cl)S(=O)(=O)c1ccc(C)cc1. The second-order valence-corrected chi connectivity index (χ2v) is 12.6. The van der Waals surface area contributed by atoms with Gasteiger partial charge in [-0.05, 0) is 75.2 Å². The summed E-state index contributed by atoms with van der Waals surface area (Å²) in [5, 5.41) is 3.22. The van der Waals surface area contributed by atoms with Gasteiger partial charge in [0.05, 0.1) is 22.7 Å². The molecule has 0 fully saturated rings. The molecule has 0 bridgehead atoms. The lowest BCUT2D eigenvalue weighted by Crippen LogP contribution is -2.53. The van der Waals surface area contributed by atoms with Crippen LogP contribution in [0.25, 0.3) is 0 Å². The molecule has 220 valence electrons. The quantitative estimate of drug-likeness (QED) is 0.275. The van der Waals surface area contributed by atoms with Crippen molar-refractivity contribution in [3.63, 3.8) is 0 Å². The molecule has 8 nitrogen and oxygen atoms in total. The number of nitrogens with one attached hydrogen (secondary N) is 1. The number of hydrogen-bond acceptors (Lipinski definition) is 5. The largest absolute Gasteiger partial charge is 0.497 e. The highest BCUT2D eigenvalue weighted by molar-refractivity contribution is 7.92. The van der Waals surface area contributed by atoms with Gasteiger partial charge >= 0.3 is 0 Å². The van der Waals surface area contributed by atoms with Gasteiger partial charge in [-0.25, -0.2) is 8.42 Å². The van der Waals surface area contributed by atoms with Crippen molar-refractivity contribution in [2.75, 3.05) is 18.0 Å². The number of rotatable bonds is 12. The second-order valence-electron chi connectivity index (χ2n) is 9.88. The van der Waals surface area contributed by atoms with Crippen molar-refractivity contribution in [3.05, 3.63) is 87.9 Å². The zero-order valence-corrected chi connectivity index (χ0v) is 26.1. The second kappa shape index (κ2) is 14.1. The Kier molecular flexibility index (Phi) is 11.1. The standard InChI is InChI=1S/C30H35Cl2N3O5S/c1-6-27(30(37)33-20(2)3)34(18-22-8-7-9-24(16-22)40-5)29(36)19-35(28-17-23(31)12-15-26(28)32)41(38,39)25-13-10-21(4)11-14-25/h7-17,20,27H,6,18-19H2,1-5H3,(H,33,37)/t27-/m1/s1. The number of sulfonamides is 1. The maximum atomic E-state index is 14.1. The van der Waals surface area contributed by atoms with Gasteiger partial charge in [-0.1, -0.05) is 60.0 Å². The first kappa shape index (κ1) is 32.2. The van der Waals surface area contributed by atoms with Crippen LogP contribution in [0.5, 0.6) is 5.75 Å². The highest BCUT2D eigenvalue weighted by Crippen LogP contribution is 2.33. The molecule has 3 rings (SSSR count). The molecule has 1 atom stereocenters. The third-order valence-corrected chi connectivity index (χ3v) is 8.70. The highest BCUT2D eigenvalue weighted by atomic mass is 35.5. The summed E-state index contributed by atoms with van der Waals surface area (Å²) < 4.78 is 34.2. The number of ether oxygens (including phenoxy) is 1. The van der Waals surface area contributed by atoms with Gasteiger partial charge in [0.15, 0.2) is 0 Å². The minimum atomic E-state index is -4.27. The molecule has 2 amide bonds. The molecule has 0 saturated heterocycles. The molecule has 0 aromatic heterocycles. The van der Waals surface area contributed by atoms with E-state index < -0.39 is 28.5 Å². The Hall–Kier alpha value is -3.27. The smallest absolute Gasteiger partial charge is 0.264 e. The van der Waals surface area contributed by atoms with Crippen LogP contribution < -0.4 is 14.4 Å². The number of anilines is 1. The number of carbonyl (C=O) groups is 2. The van der Waals surface area contributed by atoms with Gasteiger partial charge in [-0.2, -0.15) is 0 Å². The van der Waals surface area contributed by atoms with Crippen LogP contribution in [0, 0.1) is 6.92 Å². The number of benzene rings is 3. The molecule has 0 saturated carbocycles. The molecule has 0 heterocycles. The predicted octanol–water partition coefficient (Wildman–Crippen LogP) is 5.84. The van der Waals surface area contributed by atoms with Gasteiger partial charge in [0, 0.05) is 17.6 Å². The lowest BCUT2D eigenvalue weighted by Gasteiger charge is -2.33. The highest BCUT2D eigenvalue weighted by Gasteiger charge is 2.34. The van der Waals surface area contributed by atoms with Crippen LogP contribution in [-0.4, -0.2) is 50.9 Å². The molecule has 11 heteroatoms. The fourth-order valence-corrected chi connectivity index (χ4v) is 6.16. The first-order valence-electron chi connectivity index (χ1n) is 13.1. The Bertz CT molecular complexity index is 1480. The van der Waals surface area contributed by atoms with Crippen molar-refractivity contribution in [2.24, 2.45) is 0 Å². The Morgan fingerprint density at radius 1 is 1.00 bits per heavy atom. The lowest BCUT2D eigenvalue weighted by atomic mass is 10.1. The van der Waals surface area contributed by atoms with Crippen LogP contribution in [0.15, 0.2) is 71.6 Å². The average Bonchev–Trinajstić information content (AvgIpc) is 2.92. The molecule has 0 spiro atoms. The Morgan fingerprint density at radius 2 is 1.68 bits per heavy atom. The fourth-order valence-electron chi connectivity index (χ4n) is 4.30. The van der Waals surface area contributed by atoms with E-state index in [-0.39, 0.29) is 39.1 Å². The molecule has 0 aliphatic rings. The van der Waals surface area contributed by atoms with Gasteiger partial charge in [0.1, 0.15) is 18.3 Å². The van der Waals surface area contributed by atoms with E-state index in [1.54, 1.807) is 37.3 Å². The normalized spacial score (nSPS) is 12.1. The topological polar surface area (TPSA) is 96.0 Å². The molecule has 0 aliphatic carbocycles. The summed E-state index contributed by atoms with van der Waals surface area (Å²) in [4.78, 5) is 28.8. The fraction of sp³-hybridized carbons (Fsp3) is 0.333. The number of hydrogen-bond donors (Lipinski definition) is 1. The van der Waals surface area contributed by atoms with Crippen LogP contribution in [0.2, 0.25) is 10.0 Å². The summed E-state index contributed by atoms with van der Waals surface area (Å²) in [5.41, 5.74) is 1.63. The molecule has 0 unspecified atom stereocenters. The van der Waals surface area contributed by atoms with Gasteiger partial charge in [-0.3, -0.25) is 13.9 Å². The average molecular weight is 621 g/mol. The van der Waals surface area contributed by atoms with Crippen molar-refractivity contribution >= 4 is 50.7 Å². The maximum Gasteiger partial charge on any atom is 0.264 e. The van der Waals surface area contributed by atoms with Crippen LogP contribution in [0.3, 0.4) is 0 Å². The zero-order chi connectivity index (χ0) is 30.3. The van der Waals surface area contributed by atoms with Crippen LogP contribution in [0.1, 0.15) is 38.3 Å². The number of amides is 2. The summed E-state index contributed by atoms with van der Waals surface area (Å²) in [6, 6.07) is 16.8. The van der Waals surface area contributed by atoms with E-state index in [4.69, 9.17) is 27.9 Å². The molecule has 3 aromatic carbocycles. The molecule has 41 heavy (non-hydrogen) atoms. The van der Waals surface area contributed by atoms with Crippen molar-refractivity contribution < 1.29 is 22.7 Å². The van der Waals surface area contributed by atoms with Crippen molar-refractivity contribution in [1.82, 2.24) is 10.2 Å². The van der Waals surface area contributed by atoms with E-state index in [1.165, 1.54) is 42.3 Å². The maximum absolute atomic E-state index is 14.1. The predicted molar refractivity (Wildman–Crippen MR) is 163 cm³/mol. The van der Waals surface area contributed by atoms with E-state index in [0.717, 1.165) is 9.87 Å². The van der Waals surface area contributed by atoms with Crippen LogP contribution in [-0.2, 0) is 26.2 Å². The van der Waals surface area contributed by atoms with Gasteiger partial charge < -0.3 is 15.0 Å². The number of aryl methyl sites for hydroxylation is 1. The van der Waals surface area contributed by atoms with Crippen molar-refractivity contribution in [2.45, 2.75) is 57.6 Å². The number of methoxy groups -OCH3 is 1. The van der Waals surface area contributed by atoms with Crippen molar-refractivity contribution in [1.29, 1.82) is 0 Å². The summed E-state index contributed by atoms with van der Waals surface area (Å²) in [6.45, 7) is 6.72. The third kappa shape index (κ3) is 8.15. The van der Waals surface area contributed by atoms with Crippen LogP contribution in [0.4, 0.5) is 5.69 Å². The summed E-state index contributed by atoms with van der Waals surface area (Å²) in [6.07, 6.45) is 0.302. The minimum Gasteiger partial charge on any atom is -0.497 e. The molecular weight excluding hydrogens is 585 g/mol. The Morgan fingerprint density at radius 3 is 2.29 bits per heavy atom. The number of carbonyl (C=O) groups excluding carboxylic acids is 2. The van der Waals surface area contributed by atoms with Crippen molar-refractivity contribution in [3.8, 4) is 5.75 Å². The molecule has 0 radical (unpaired) electrons.